The van der Waals surface area contributed by atoms with E-state index in [0.29, 0.717) is 18.3 Å². The van der Waals surface area contributed by atoms with Crippen LogP contribution in [-0.2, 0) is 4.79 Å². The van der Waals surface area contributed by atoms with E-state index in [1.807, 2.05) is 11.9 Å². The molecule has 4 heteroatoms. The van der Waals surface area contributed by atoms with Gasteiger partial charge in [0, 0.05) is 13.5 Å². The van der Waals surface area contributed by atoms with E-state index in [1.54, 1.807) is 0 Å². The number of carbonyl (C=O) groups is 1. The van der Waals surface area contributed by atoms with Crippen LogP contribution in [0.5, 0.6) is 0 Å². The van der Waals surface area contributed by atoms with Gasteiger partial charge in [0.2, 0.25) is 5.91 Å². The Hall–Kier alpha value is -0.610. The summed E-state index contributed by atoms with van der Waals surface area (Å²) in [5.74, 6) is 1.25. The fraction of sp³-hybridized carbons (Fsp3) is 0.938. The Balaban J connectivity index is 1.83. The summed E-state index contributed by atoms with van der Waals surface area (Å²) in [4.78, 5) is 14.3. The summed E-state index contributed by atoms with van der Waals surface area (Å²) >= 11 is 0. The highest BCUT2D eigenvalue weighted by atomic mass is 16.3. The van der Waals surface area contributed by atoms with Crippen LogP contribution in [-0.4, -0.2) is 48.2 Å². The van der Waals surface area contributed by atoms with Crippen molar-refractivity contribution >= 4 is 5.91 Å². The summed E-state index contributed by atoms with van der Waals surface area (Å²) in [5, 5.41) is 13.5. The number of amides is 1. The van der Waals surface area contributed by atoms with E-state index in [0.717, 1.165) is 38.8 Å². The Kier molecular flexibility index (Phi) is 5.85. The van der Waals surface area contributed by atoms with Crippen LogP contribution in [0.25, 0.3) is 0 Å². The van der Waals surface area contributed by atoms with Crippen LogP contribution in [0.15, 0.2) is 0 Å². The van der Waals surface area contributed by atoms with Gasteiger partial charge in [-0.3, -0.25) is 4.79 Å². The second-order valence-corrected chi connectivity index (χ2v) is 6.71. The highest BCUT2D eigenvalue weighted by Crippen LogP contribution is 2.26. The minimum Gasteiger partial charge on any atom is -0.391 e. The van der Waals surface area contributed by atoms with Crippen molar-refractivity contribution in [1.29, 1.82) is 0 Å². The SMILES string of the molecule is CC(CC(=O)N(C)C1CCCCC1O)C1CCCNC1. The quantitative estimate of drug-likeness (QED) is 0.826. The second-order valence-electron chi connectivity index (χ2n) is 6.71. The molecule has 2 fully saturated rings. The van der Waals surface area contributed by atoms with Crippen LogP contribution < -0.4 is 5.32 Å². The fourth-order valence-corrected chi connectivity index (χ4v) is 3.68. The molecule has 4 unspecified atom stereocenters. The number of hydrogen-bond donors (Lipinski definition) is 2. The third-order valence-electron chi connectivity index (χ3n) is 5.22. The number of carbonyl (C=O) groups excluding carboxylic acids is 1. The Morgan fingerprint density at radius 1 is 1.30 bits per heavy atom. The number of hydrogen-bond acceptors (Lipinski definition) is 3. The third kappa shape index (κ3) is 3.95. The van der Waals surface area contributed by atoms with E-state index < -0.39 is 0 Å². The predicted octanol–water partition coefficient (Wildman–Crippen LogP) is 1.77. The van der Waals surface area contributed by atoms with E-state index >= 15 is 0 Å². The average molecular weight is 282 g/mol. The van der Waals surface area contributed by atoms with Gasteiger partial charge in [-0.15, -0.1) is 0 Å². The van der Waals surface area contributed by atoms with Crippen molar-refractivity contribution in [3.8, 4) is 0 Å². The lowest BCUT2D eigenvalue weighted by Crippen LogP contribution is -2.47. The molecule has 2 aliphatic rings. The summed E-state index contributed by atoms with van der Waals surface area (Å²) in [6.45, 7) is 4.36. The molecule has 116 valence electrons. The molecule has 1 saturated heterocycles. The Morgan fingerprint density at radius 2 is 2.05 bits per heavy atom. The first-order chi connectivity index (χ1) is 9.59. The Morgan fingerprint density at radius 3 is 2.70 bits per heavy atom. The largest absolute Gasteiger partial charge is 0.391 e. The normalized spacial score (nSPS) is 32.6. The summed E-state index contributed by atoms with van der Waals surface area (Å²) in [6.07, 6.45) is 6.74. The predicted molar refractivity (Wildman–Crippen MR) is 80.4 cm³/mol. The Labute approximate surface area is 122 Å². The van der Waals surface area contributed by atoms with Crippen molar-refractivity contribution in [2.24, 2.45) is 11.8 Å². The molecule has 2 N–H and O–H groups in total. The van der Waals surface area contributed by atoms with Crippen LogP contribution in [0.3, 0.4) is 0 Å². The van der Waals surface area contributed by atoms with Gasteiger partial charge in [-0.05, 0) is 50.6 Å². The van der Waals surface area contributed by atoms with Crippen LogP contribution in [0.2, 0.25) is 0 Å². The number of aliphatic hydroxyl groups is 1. The summed E-state index contributed by atoms with van der Waals surface area (Å²) in [7, 11) is 1.87. The smallest absolute Gasteiger partial charge is 0.222 e. The second kappa shape index (κ2) is 7.41. The van der Waals surface area contributed by atoms with Gasteiger partial charge in [0.05, 0.1) is 12.1 Å². The molecule has 1 aliphatic carbocycles. The maximum Gasteiger partial charge on any atom is 0.222 e. The van der Waals surface area contributed by atoms with Gasteiger partial charge >= 0.3 is 0 Å². The maximum absolute atomic E-state index is 12.4. The molecule has 1 heterocycles. The average Bonchev–Trinajstić information content (AvgIpc) is 2.48. The Bertz CT molecular complexity index is 316. The first kappa shape index (κ1) is 15.8. The lowest BCUT2D eigenvalue weighted by Gasteiger charge is -2.36. The van der Waals surface area contributed by atoms with Crippen LogP contribution >= 0.6 is 0 Å². The minimum absolute atomic E-state index is 0.0351. The molecular formula is C16H30N2O2. The van der Waals surface area contributed by atoms with Crippen molar-refractivity contribution in [2.45, 2.75) is 64.0 Å². The molecule has 1 saturated carbocycles. The van der Waals surface area contributed by atoms with E-state index in [4.69, 9.17) is 0 Å². The first-order valence-corrected chi connectivity index (χ1v) is 8.24. The topological polar surface area (TPSA) is 52.6 Å². The summed E-state index contributed by atoms with van der Waals surface area (Å²) < 4.78 is 0. The minimum atomic E-state index is -0.329. The highest BCUT2D eigenvalue weighted by Gasteiger charge is 2.31. The third-order valence-corrected chi connectivity index (χ3v) is 5.22. The molecule has 1 aliphatic heterocycles. The van der Waals surface area contributed by atoms with Gasteiger partial charge in [-0.2, -0.15) is 0 Å². The molecule has 0 aromatic carbocycles. The molecule has 0 bridgehead atoms. The number of nitrogens with zero attached hydrogens (tertiary/aromatic N) is 1. The standard InChI is InChI=1S/C16H30N2O2/c1-12(13-6-5-9-17-11-13)10-16(20)18(2)14-7-3-4-8-15(14)19/h12-15,17,19H,3-11H2,1-2H3. The van der Waals surface area contributed by atoms with Crippen molar-refractivity contribution in [1.82, 2.24) is 10.2 Å². The molecule has 4 atom stereocenters. The fourth-order valence-electron chi connectivity index (χ4n) is 3.68. The molecule has 4 nitrogen and oxygen atoms in total. The van der Waals surface area contributed by atoms with E-state index in [2.05, 4.69) is 12.2 Å². The number of aliphatic hydroxyl groups excluding tert-OH is 1. The molecule has 0 radical (unpaired) electrons. The van der Waals surface area contributed by atoms with Gasteiger partial charge < -0.3 is 15.3 Å². The molecule has 2 rings (SSSR count). The number of nitrogens with one attached hydrogen (secondary N) is 1. The zero-order valence-corrected chi connectivity index (χ0v) is 13.0. The molecule has 0 aromatic rings. The van der Waals surface area contributed by atoms with Gasteiger partial charge in [-0.1, -0.05) is 19.8 Å². The van der Waals surface area contributed by atoms with Crippen LogP contribution in [0.1, 0.15) is 51.9 Å². The number of likely N-dealkylation sites (N-methyl/N-ethyl adjacent to an activating group) is 1. The van der Waals surface area contributed by atoms with E-state index in [9.17, 15) is 9.90 Å². The van der Waals surface area contributed by atoms with Gasteiger partial charge in [-0.25, -0.2) is 0 Å². The highest BCUT2D eigenvalue weighted by molar-refractivity contribution is 5.76. The zero-order chi connectivity index (χ0) is 14.5. The van der Waals surface area contributed by atoms with E-state index in [-0.39, 0.29) is 18.1 Å². The van der Waals surface area contributed by atoms with Gasteiger partial charge in [0.25, 0.3) is 0 Å². The monoisotopic (exact) mass is 282 g/mol. The lowest BCUT2D eigenvalue weighted by molar-refractivity contribution is -0.136. The summed E-state index contributed by atoms with van der Waals surface area (Å²) in [6, 6.07) is 0.0351. The molecule has 1 amide bonds. The van der Waals surface area contributed by atoms with Crippen molar-refractivity contribution in [2.75, 3.05) is 20.1 Å². The van der Waals surface area contributed by atoms with Crippen LogP contribution in [0.4, 0.5) is 0 Å². The van der Waals surface area contributed by atoms with Crippen molar-refractivity contribution in [3.63, 3.8) is 0 Å². The van der Waals surface area contributed by atoms with Crippen molar-refractivity contribution < 1.29 is 9.90 Å². The molecule has 20 heavy (non-hydrogen) atoms. The molecular weight excluding hydrogens is 252 g/mol. The first-order valence-electron chi connectivity index (χ1n) is 8.24. The zero-order valence-electron chi connectivity index (χ0n) is 13.0. The van der Waals surface area contributed by atoms with E-state index in [1.165, 1.54) is 12.8 Å². The van der Waals surface area contributed by atoms with Gasteiger partial charge in [0.15, 0.2) is 0 Å². The van der Waals surface area contributed by atoms with Crippen LogP contribution in [0, 0.1) is 11.8 Å². The number of piperidine rings is 1. The summed E-state index contributed by atoms with van der Waals surface area (Å²) in [5.41, 5.74) is 0. The molecule has 0 aromatic heterocycles. The number of rotatable bonds is 4. The van der Waals surface area contributed by atoms with Crippen molar-refractivity contribution in [3.05, 3.63) is 0 Å². The molecule has 0 spiro atoms. The maximum atomic E-state index is 12.4. The van der Waals surface area contributed by atoms with Gasteiger partial charge in [0.1, 0.15) is 0 Å². The lowest BCUT2D eigenvalue weighted by atomic mass is 9.84.